The van der Waals surface area contributed by atoms with E-state index in [9.17, 15) is 0 Å². The number of nitrogens with two attached hydrogens (primary N) is 1. The summed E-state index contributed by atoms with van der Waals surface area (Å²) in [6, 6.07) is 8.04. The van der Waals surface area contributed by atoms with E-state index < -0.39 is 0 Å². The molecule has 0 heterocycles. The van der Waals surface area contributed by atoms with Crippen LogP contribution in [0, 0.1) is 0 Å². The summed E-state index contributed by atoms with van der Waals surface area (Å²) in [7, 11) is 0. The van der Waals surface area contributed by atoms with Gasteiger partial charge in [-0.1, -0.05) is 46.2 Å². The highest BCUT2D eigenvalue weighted by molar-refractivity contribution is 9.10. The molecule has 0 radical (unpaired) electrons. The summed E-state index contributed by atoms with van der Waals surface area (Å²) in [4.78, 5) is 2.09. The molecule has 0 unspecified atom stereocenters. The number of halogens is 1. The molecule has 0 saturated heterocycles. The molecule has 0 amide bonds. The SMILES string of the molecule is CCN(CC(N)=NO)Cc1ccccc1Br. The van der Waals surface area contributed by atoms with Gasteiger partial charge in [0.15, 0.2) is 5.84 Å². The summed E-state index contributed by atoms with van der Waals surface area (Å²) in [6.07, 6.45) is 0. The van der Waals surface area contributed by atoms with Gasteiger partial charge in [0, 0.05) is 11.0 Å². The van der Waals surface area contributed by atoms with Crippen molar-refractivity contribution in [1.29, 1.82) is 0 Å². The molecule has 0 saturated carbocycles. The minimum Gasteiger partial charge on any atom is -0.409 e. The normalized spacial score (nSPS) is 12.1. The monoisotopic (exact) mass is 285 g/mol. The number of nitrogens with zero attached hydrogens (tertiary/aromatic N) is 2. The first kappa shape index (κ1) is 13.0. The van der Waals surface area contributed by atoms with Gasteiger partial charge in [-0.2, -0.15) is 0 Å². The van der Waals surface area contributed by atoms with Crippen LogP contribution >= 0.6 is 15.9 Å². The Morgan fingerprint density at radius 1 is 1.50 bits per heavy atom. The number of rotatable bonds is 5. The van der Waals surface area contributed by atoms with Crippen molar-refractivity contribution in [2.45, 2.75) is 13.5 Å². The van der Waals surface area contributed by atoms with Crippen LogP contribution in [0.15, 0.2) is 33.9 Å². The zero-order valence-electron chi connectivity index (χ0n) is 9.23. The van der Waals surface area contributed by atoms with Gasteiger partial charge in [0.1, 0.15) is 0 Å². The lowest BCUT2D eigenvalue weighted by Gasteiger charge is -2.20. The summed E-state index contributed by atoms with van der Waals surface area (Å²) in [6.45, 7) is 4.13. The zero-order valence-corrected chi connectivity index (χ0v) is 10.8. The van der Waals surface area contributed by atoms with Crippen LogP contribution in [0.5, 0.6) is 0 Å². The minimum atomic E-state index is 0.230. The Labute approximate surface area is 104 Å². The second-order valence-corrected chi connectivity index (χ2v) is 4.34. The maximum Gasteiger partial charge on any atom is 0.153 e. The van der Waals surface area contributed by atoms with Gasteiger partial charge >= 0.3 is 0 Å². The quantitative estimate of drug-likeness (QED) is 0.377. The minimum absolute atomic E-state index is 0.230. The molecule has 0 aliphatic carbocycles. The summed E-state index contributed by atoms with van der Waals surface area (Å²) in [5, 5.41) is 11.5. The van der Waals surface area contributed by atoms with Gasteiger partial charge in [0.05, 0.1) is 6.54 Å². The Balaban J connectivity index is 2.67. The third-order valence-corrected chi connectivity index (χ3v) is 3.09. The fourth-order valence-electron chi connectivity index (χ4n) is 1.41. The third kappa shape index (κ3) is 3.83. The standard InChI is InChI=1S/C11H16BrN3O/c1-2-15(8-11(13)14-16)7-9-5-3-4-6-10(9)12/h3-6,16H,2,7-8H2,1H3,(H2,13,14). The Hall–Kier alpha value is -1.07. The number of likely N-dealkylation sites (N-methyl/N-ethyl adjacent to an activating group) is 1. The lowest BCUT2D eigenvalue weighted by molar-refractivity contribution is 0.294. The maximum absolute atomic E-state index is 8.53. The number of hydrogen-bond acceptors (Lipinski definition) is 3. The molecule has 1 rings (SSSR count). The van der Waals surface area contributed by atoms with Crippen LogP contribution in [0.3, 0.4) is 0 Å². The van der Waals surface area contributed by atoms with Crippen LogP contribution in [0.2, 0.25) is 0 Å². The molecule has 16 heavy (non-hydrogen) atoms. The predicted octanol–water partition coefficient (Wildman–Crippen LogP) is 2.02. The van der Waals surface area contributed by atoms with Crippen molar-refractivity contribution >= 4 is 21.8 Å². The molecule has 0 spiro atoms. The van der Waals surface area contributed by atoms with Gasteiger partial charge in [-0.15, -0.1) is 0 Å². The summed E-state index contributed by atoms with van der Waals surface area (Å²) in [5.74, 6) is 0.230. The molecule has 0 aromatic heterocycles. The highest BCUT2D eigenvalue weighted by Crippen LogP contribution is 2.17. The molecule has 0 fully saturated rings. The molecule has 0 aliphatic rings. The molecule has 1 aromatic carbocycles. The smallest absolute Gasteiger partial charge is 0.153 e. The fraction of sp³-hybridized carbons (Fsp3) is 0.364. The highest BCUT2D eigenvalue weighted by Gasteiger charge is 2.07. The molecule has 88 valence electrons. The Kier molecular flexibility index (Phi) is 5.28. The van der Waals surface area contributed by atoms with Gasteiger partial charge in [-0.3, -0.25) is 4.90 Å². The summed E-state index contributed by atoms with van der Waals surface area (Å²) < 4.78 is 1.08. The molecule has 0 atom stereocenters. The zero-order chi connectivity index (χ0) is 12.0. The van der Waals surface area contributed by atoms with Crippen LogP contribution in [-0.4, -0.2) is 29.0 Å². The van der Waals surface area contributed by atoms with E-state index in [4.69, 9.17) is 10.9 Å². The molecule has 5 heteroatoms. The van der Waals surface area contributed by atoms with Crippen molar-refractivity contribution in [2.75, 3.05) is 13.1 Å². The van der Waals surface area contributed by atoms with E-state index in [0.29, 0.717) is 6.54 Å². The Bertz CT molecular complexity index is 368. The van der Waals surface area contributed by atoms with Gasteiger partial charge in [0.25, 0.3) is 0 Å². The number of amidine groups is 1. The van der Waals surface area contributed by atoms with E-state index in [0.717, 1.165) is 17.6 Å². The average molecular weight is 286 g/mol. The molecule has 0 aliphatic heterocycles. The lowest BCUT2D eigenvalue weighted by Crippen LogP contribution is -2.33. The first-order chi connectivity index (χ1) is 7.67. The molecule has 1 aromatic rings. The van der Waals surface area contributed by atoms with Gasteiger partial charge < -0.3 is 10.9 Å². The number of hydrogen-bond donors (Lipinski definition) is 2. The first-order valence-electron chi connectivity index (χ1n) is 5.09. The lowest BCUT2D eigenvalue weighted by atomic mass is 10.2. The molecular formula is C11H16BrN3O. The highest BCUT2D eigenvalue weighted by atomic mass is 79.9. The van der Waals surface area contributed by atoms with Crippen molar-refractivity contribution in [2.24, 2.45) is 10.9 Å². The van der Waals surface area contributed by atoms with Crippen molar-refractivity contribution in [3.63, 3.8) is 0 Å². The van der Waals surface area contributed by atoms with Crippen molar-refractivity contribution in [1.82, 2.24) is 4.90 Å². The molecule has 0 bridgehead atoms. The fourth-order valence-corrected chi connectivity index (χ4v) is 1.82. The van der Waals surface area contributed by atoms with Crippen molar-refractivity contribution in [3.05, 3.63) is 34.3 Å². The molecular weight excluding hydrogens is 270 g/mol. The van der Waals surface area contributed by atoms with E-state index in [1.165, 1.54) is 5.56 Å². The average Bonchev–Trinajstić information content (AvgIpc) is 2.30. The first-order valence-corrected chi connectivity index (χ1v) is 5.88. The molecule has 3 N–H and O–H groups in total. The van der Waals surface area contributed by atoms with E-state index in [2.05, 4.69) is 32.1 Å². The maximum atomic E-state index is 8.53. The van der Waals surface area contributed by atoms with Crippen molar-refractivity contribution in [3.8, 4) is 0 Å². The second kappa shape index (κ2) is 6.50. The number of oxime groups is 1. The Morgan fingerprint density at radius 2 is 2.19 bits per heavy atom. The van der Waals surface area contributed by atoms with Crippen molar-refractivity contribution < 1.29 is 5.21 Å². The largest absolute Gasteiger partial charge is 0.409 e. The van der Waals surface area contributed by atoms with E-state index >= 15 is 0 Å². The topological polar surface area (TPSA) is 61.8 Å². The third-order valence-electron chi connectivity index (χ3n) is 2.31. The summed E-state index contributed by atoms with van der Waals surface area (Å²) >= 11 is 3.50. The van der Waals surface area contributed by atoms with Crippen LogP contribution in [-0.2, 0) is 6.54 Å². The number of benzene rings is 1. The van der Waals surface area contributed by atoms with Gasteiger partial charge in [-0.25, -0.2) is 0 Å². The van der Waals surface area contributed by atoms with E-state index in [1.807, 2.05) is 25.1 Å². The van der Waals surface area contributed by atoms with Gasteiger partial charge in [-0.05, 0) is 18.2 Å². The van der Waals surface area contributed by atoms with Gasteiger partial charge in [0.2, 0.25) is 0 Å². The van der Waals surface area contributed by atoms with Crippen LogP contribution < -0.4 is 5.73 Å². The molecule has 4 nitrogen and oxygen atoms in total. The van der Waals surface area contributed by atoms with E-state index in [-0.39, 0.29) is 5.84 Å². The second-order valence-electron chi connectivity index (χ2n) is 3.49. The van der Waals surface area contributed by atoms with E-state index in [1.54, 1.807) is 0 Å². The van der Waals surface area contributed by atoms with Crippen LogP contribution in [0.1, 0.15) is 12.5 Å². The van der Waals surface area contributed by atoms with Crippen LogP contribution in [0.4, 0.5) is 0 Å². The Morgan fingerprint density at radius 3 is 2.75 bits per heavy atom. The van der Waals surface area contributed by atoms with Crippen LogP contribution in [0.25, 0.3) is 0 Å². The predicted molar refractivity (Wildman–Crippen MR) is 68.5 cm³/mol. The summed E-state index contributed by atoms with van der Waals surface area (Å²) in [5.41, 5.74) is 6.68.